The summed E-state index contributed by atoms with van der Waals surface area (Å²) in [6.45, 7) is 0. The first kappa shape index (κ1) is 15.3. The quantitative estimate of drug-likeness (QED) is 0.579. The number of hydrazine groups is 1. The largest absolute Gasteiger partial charge is 0.332 e. The highest BCUT2D eigenvalue weighted by atomic mass is 127. The van der Waals surface area contributed by atoms with Crippen LogP contribution in [0.5, 0.6) is 0 Å². The SMILES string of the molecule is Cn1c(NNC(=O)c2ccccc2I)cc(=O)n(C)c1=O. The molecule has 1 aromatic carbocycles. The lowest BCUT2D eigenvalue weighted by atomic mass is 10.2. The summed E-state index contributed by atoms with van der Waals surface area (Å²) < 4.78 is 3.01. The van der Waals surface area contributed by atoms with Crippen molar-refractivity contribution in [3.8, 4) is 0 Å². The van der Waals surface area contributed by atoms with Crippen LogP contribution in [0.4, 0.5) is 5.82 Å². The molecule has 7 nitrogen and oxygen atoms in total. The third-order valence-corrected chi connectivity index (χ3v) is 3.89. The molecule has 8 heteroatoms. The van der Waals surface area contributed by atoms with Crippen molar-refractivity contribution in [3.63, 3.8) is 0 Å². The zero-order valence-electron chi connectivity index (χ0n) is 11.4. The number of amides is 1. The van der Waals surface area contributed by atoms with Gasteiger partial charge in [0.2, 0.25) is 0 Å². The minimum atomic E-state index is -0.478. The Labute approximate surface area is 133 Å². The Balaban J connectivity index is 2.22. The molecular formula is C13H13IN4O3. The zero-order chi connectivity index (χ0) is 15.6. The van der Waals surface area contributed by atoms with Crippen molar-refractivity contribution >= 4 is 34.3 Å². The second kappa shape index (κ2) is 6.12. The van der Waals surface area contributed by atoms with E-state index in [1.165, 1.54) is 24.7 Å². The summed E-state index contributed by atoms with van der Waals surface area (Å²) in [5.74, 6) is -0.143. The fraction of sp³-hybridized carbons (Fsp3) is 0.154. The summed E-state index contributed by atoms with van der Waals surface area (Å²) in [4.78, 5) is 35.4. The van der Waals surface area contributed by atoms with E-state index >= 15 is 0 Å². The monoisotopic (exact) mass is 400 g/mol. The van der Waals surface area contributed by atoms with Crippen LogP contribution in [0.15, 0.2) is 39.9 Å². The molecule has 0 aliphatic rings. The van der Waals surface area contributed by atoms with Gasteiger partial charge in [0, 0.05) is 23.7 Å². The van der Waals surface area contributed by atoms with Gasteiger partial charge >= 0.3 is 5.69 Å². The first-order chi connectivity index (χ1) is 9.91. The van der Waals surface area contributed by atoms with Crippen LogP contribution < -0.4 is 22.1 Å². The molecular weight excluding hydrogens is 387 g/mol. The second-order valence-electron chi connectivity index (χ2n) is 4.33. The number of nitrogens with zero attached hydrogens (tertiary/aromatic N) is 2. The van der Waals surface area contributed by atoms with Crippen molar-refractivity contribution in [1.82, 2.24) is 14.6 Å². The van der Waals surface area contributed by atoms with Gasteiger partial charge in [-0.3, -0.25) is 29.6 Å². The molecule has 1 aromatic heterocycles. The number of hydrogen-bond donors (Lipinski definition) is 2. The van der Waals surface area contributed by atoms with Crippen LogP contribution in [0.3, 0.4) is 0 Å². The molecule has 0 atom stereocenters. The molecule has 0 spiro atoms. The fourth-order valence-corrected chi connectivity index (χ4v) is 2.32. The van der Waals surface area contributed by atoms with Gasteiger partial charge in [0.05, 0.1) is 5.56 Å². The van der Waals surface area contributed by atoms with E-state index in [4.69, 9.17) is 0 Å². The van der Waals surface area contributed by atoms with E-state index < -0.39 is 11.2 Å². The van der Waals surface area contributed by atoms with Crippen molar-refractivity contribution in [2.24, 2.45) is 14.1 Å². The second-order valence-corrected chi connectivity index (χ2v) is 5.49. The first-order valence-corrected chi connectivity index (χ1v) is 7.07. The highest BCUT2D eigenvalue weighted by molar-refractivity contribution is 14.1. The van der Waals surface area contributed by atoms with Crippen molar-refractivity contribution < 1.29 is 4.79 Å². The summed E-state index contributed by atoms with van der Waals surface area (Å²) in [5, 5.41) is 0. The van der Waals surface area contributed by atoms with E-state index in [-0.39, 0.29) is 11.7 Å². The van der Waals surface area contributed by atoms with Crippen molar-refractivity contribution in [2.45, 2.75) is 0 Å². The van der Waals surface area contributed by atoms with Gasteiger partial charge in [-0.1, -0.05) is 12.1 Å². The highest BCUT2D eigenvalue weighted by Crippen LogP contribution is 2.11. The van der Waals surface area contributed by atoms with Crippen LogP contribution in [0.25, 0.3) is 0 Å². The van der Waals surface area contributed by atoms with Gasteiger partial charge in [0.25, 0.3) is 11.5 Å². The topological polar surface area (TPSA) is 85.1 Å². The normalized spacial score (nSPS) is 10.2. The number of carbonyl (C=O) groups excluding carboxylic acids is 1. The molecule has 0 aliphatic carbocycles. The van der Waals surface area contributed by atoms with Crippen molar-refractivity contribution in [3.05, 3.63) is 60.3 Å². The summed E-state index contributed by atoms with van der Waals surface area (Å²) in [6.07, 6.45) is 0. The number of aromatic nitrogens is 2. The van der Waals surface area contributed by atoms with Gasteiger partial charge in [-0.2, -0.15) is 0 Å². The van der Waals surface area contributed by atoms with Gasteiger partial charge in [-0.05, 0) is 34.7 Å². The molecule has 0 fully saturated rings. The van der Waals surface area contributed by atoms with Crippen LogP contribution >= 0.6 is 22.6 Å². The van der Waals surface area contributed by atoms with E-state index in [0.717, 1.165) is 8.14 Å². The molecule has 0 aliphatic heterocycles. The molecule has 1 amide bonds. The standard InChI is InChI=1S/C13H13IN4O3/c1-17-10(7-11(19)18(2)13(17)21)15-16-12(20)8-5-3-4-6-9(8)14/h3-7,15H,1-2H3,(H,16,20). The van der Waals surface area contributed by atoms with Gasteiger partial charge in [-0.15, -0.1) is 0 Å². The van der Waals surface area contributed by atoms with Crippen LogP contribution in [-0.2, 0) is 14.1 Å². The Hall–Kier alpha value is -2.10. The maximum atomic E-state index is 12.0. The Bertz CT molecular complexity index is 810. The predicted octanol–water partition coefficient (Wildman–Crippen LogP) is 0.445. The molecule has 2 aromatic rings. The maximum Gasteiger partial charge on any atom is 0.332 e. The smallest absolute Gasteiger partial charge is 0.283 e. The van der Waals surface area contributed by atoms with E-state index in [2.05, 4.69) is 33.4 Å². The number of benzene rings is 1. The van der Waals surface area contributed by atoms with Crippen molar-refractivity contribution in [1.29, 1.82) is 0 Å². The van der Waals surface area contributed by atoms with Crippen LogP contribution in [-0.4, -0.2) is 15.0 Å². The average Bonchev–Trinajstić information content (AvgIpc) is 2.47. The number of anilines is 1. The molecule has 21 heavy (non-hydrogen) atoms. The fourth-order valence-electron chi connectivity index (χ4n) is 1.69. The summed E-state index contributed by atoms with van der Waals surface area (Å²) >= 11 is 2.05. The Kier molecular flexibility index (Phi) is 4.46. The molecule has 0 radical (unpaired) electrons. The number of halogens is 1. The molecule has 2 N–H and O–H groups in total. The Morgan fingerprint density at radius 1 is 1.14 bits per heavy atom. The summed E-state index contributed by atoms with van der Waals surface area (Å²) in [7, 11) is 2.89. The van der Waals surface area contributed by atoms with Gasteiger partial charge in [0.15, 0.2) is 0 Å². The maximum absolute atomic E-state index is 12.0. The third kappa shape index (κ3) is 3.15. The summed E-state index contributed by atoms with van der Waals surface area (Å²) in [6, 6.07) is 8.31. The van der Waals surface area contributed by atoms with Crippen LogP contribution in [0, 0.1) is 3.57 Å². The number of hydrogen-bond acceptors (Lipinski definition) is 4. The average molecular weight is 400 g/mol. The third-order valence-electron chi connectivity index (χ3n) is 2.95. The van der Waals surface area contributed by atoms with Gasteiger partial charge < -0.3 is 0 Å². The highest BCUT2D eigenvalue weighted by Gasteiger charge is 2.10. The molecule has 0 unspecified atom stereocenters. The van der Waals surface area contributed by atoms with Gasteiger partial charge in [-0.25, -0.2) is 4.79 Å². The van der Waals surface area contributed by atoms with Crippen molar-refractivity contribution in [2.75, 3.05) is 5.43 Å². The Morgan fingerprint density at radius 3 is 2.48 bits per heavy atom. The number of rotatable bonds is 3. The lowest BCUT2D eigenvalue weighted by Crippen LogP contribution is -2.40. The molecule has 0 saturated carbocycles. The van der Waals surface area contributed by atoms with E-state index in [0.29, 0.717) is 5.56 Å². The number of carbonyl (C=O) groups is 1. The zero-order valence-corrected chi connectivity index (χ0v) is 13.5. The molecule has 110 valence electrons. The molecule has 0 bridgehead atoms. The first-order valence-electron chi connectivity index (χ1n) is 5.99. The van der Waals surface area contributed by atoms with E-state index in [9.17, 15) is 14.4 Å². The van der Waals surface area contributed by atoms with Crippen LogP contribution in [0.1, 0.15) is 10.4 Å². The lowest BCUT2D eigenvalue weighted by Gasteiger charge is -2.13. The molecule has 0 saturated heterocycles. The minimum absolute atomic E-state index is 0.211. The van der Waals surface area contributed by atoms with Crippen LogP contribution in [0.2, 0.25) is 0 Å². The lowest BCUT2D eigenvalue weighted by molar-refractivity contribution is 0.0961. The van der Waals surface area contributed by atoms with E-state index in [1.807, 2.05) is 12.1 Å². The molecule has 1 heterocycles. The Morgan fingerprint density at radius 2 is 1.81 bits per heavy atom. The van der Waals surface area contributed by atoms with Gasteiger partial charge in [0.1, 0.15) is 5.82 Å². The van der Waals surface area contributed by atoms with E-state index in [1.54, 1.807) is 12.1 Å². The number of nitrogens with one attached hydrogen (secondary N) is 2. The predicted molar refractivity (Wildman–Crippen MR) is 87.2 cm³/mol. The summed E-state index contributed by atoms with van der Waals surface area (Å²) in [5.41, 5.74) is 4.63. The minimum Gasteiger partial charge on any atom is -0.283 e. The molecule has 2 rings (SSSR count).